The fourth-order valence-corrected chi connectivity index (χ4v) is 2.49. The van der Waals surface area contributed by atoms with Crippen LogP contribution in [0.4, 0.5) is 0 Å². The molecule has 4 heteroatoms. The highest BCUT2D eigenvalue weighted by Crippen LogP contribution is 2.31. The molecule has 0 aliphatic carbocycles. The maximum Gasteiger partial charge on any atom is 0.140 e. The lowest BCUT2D eigenvalue weighted by Crippen LogP contribution is -2.29. The predicted molar refractivity (Wildman–Crippen MR) is 85.7 cm³/mol. The van der Waals surface area contributed by atoms with E-state index in [9.17, 15) is 0 Å². The van der Waals surface area contributed by atoms with Gasteiger partial charge in [0.25, 0.3) is 0 Å². The number of aliphatic hydroxyl groups excluding tert-OH is 1. The molecule has 112 valence electrons. The highest BCUT2D eigenvalue weighted by atomic mass is 35.5. The number of nitrogens with two attached hydrogens (primary N) is 1. The van der Waals surface area contributed by atoms with Crippen LogP contribution in [0.1, 0.15) is 24.2 Å². The van der Waals surface area contributed by atoms with E-state index in [0.717, 1.165) is 16.9 Å². The van der Waals surface area contributed by atoms with E-state index >= 15 is 0 Å². The van der Waals surface area contributed by atoms with E-state index in [1.54, 1.807) is 0 Å². The van der Waals surface area contributed by atoms with Gasteiger partial charge in [-0.15, -0.1) is 0 Å². The third kappa shape index (κ3) is 3.97. The molecule has 2 aromatic rings. The lowest BCUT2D eigenvalue weighted by atomic mass is 10.0. The van der Waals surface area contributed by atoms with E-state index in [0.29, 0.717) is 11.4 Å². The van der Waals surface area contributed by atoms with Crippen molar-refractivity contribution in [1.29, 1.82) is 0 Å². The summed E-state index contributed by atoms with van der Waals surface area (Å²) in [5.41, 5.74) is 7.90. The third-order valence-electron chi connectivity index (χ3n) is 3.30. The van der Waals surface area contributed by atoms with Gasteiger partial charge in [-0.2, -0.15) is 0 Å². The van der Waals surface area contributed by atoms with Crippen LogP contribution in [0.15, 0.2) is 48.5 Å². The summed E-state index contributed by atoms with van der Waals surface area (Å²) in [6, 6.07) is 15.0. The van der Waals surface area contributed by atoms with E-state index in [1.165, 1.54) is 0 Å². The number of hydrogen-bond donors (Lipinski definition) is 2. The first kappa shape index (κ1) is 15.8. The lowest BCUT2D eigenvalue weighted by molar-refractivity contribution is 0.177. The van der Waals surface area contributed by atoms with E-state index in [-0.39, 0.29) is 18.8 Å². The van der Waals surface area contributed by atoms with E-state index in [4.69, 9.17) is 27.2 Å². The number of hydrogen-bond acceptors (Lipinski definition) is 3. The van der Waals surface area contributed by atoms with Crippen LogP contribution in [0.25, 0.3) is 0 Å². The molecule has 0 saturated heterocycles. The molecule has 0 fully saturated rings. The van der Waals surface area contributed by atoms with Crippen LogP contribution in [0.3, 0.4) is 0 Å². The van der Waals surface area contributed by atoms with Crippen molar-refractivity contribution < 1.29 is 9.84 Å². The van der Waals surface area contributed by atoms with Crippen LogP contribution in [0.2, 0.25) is 5.02 Å². The Morgan fingerprint density at radius 1 is 1.14 bits per heavy atom. The Morgan fingerprint density at radius 2 is 1.81 bits per heavy atom. The van der Waals surface area contributed by atoms with Crippen molar-refractivity contribution in [2.45, 2.75) is 25.5 Å². The van der Waals surface area contributed by atoms with E-state index in [2.05, 4.69) is 0 Å². The van der Waals surface area contributed by atoms with Gasteiger partial charge in [0.1, 0.15) is 11.9 Å². The maximum absolute atomic E-state index is 9.15. The zero-order valence-corrected chi connectivity index (χ0v) is 12.8. The predicted octanol–water partition coefficient (Wildman–Crippen LogP) is 3.34. The molecule has 0 heterocycles. The van der Waals surface area contributed by atoms with Gasteiger partial charge in [-0.25, -0.2) is 0 Å². The number of benzene rings is 2. The summed E-state index contributed by atoms with van der Waals surface area (Å²) in [5, 5.41) is 9.79. The van der Waals surface area contributed by atoms with Crippen LogP contribution in [-0.4, -0.2) is 17.8 Å². The summed E-state index contributed by atoms with van der Waals surface area (Å²) in [4.78, 5) is 0. The molecule has 3 nitrogen and oxygen atoms in total. The summed E-state index contributed by atoms with van der Waals surface area (Å²) in [6.45, 7) is 1.97. The van der Waals surface area contributed by atoms with Crippen LogP contribution in [0.5, 0.6) is 5.75 Å². The van der Waals surface area contributed by atoms with Gasteiger partial charge in [0.2, 0.25) is 0 Å². The van der Waals surface area contributed by atoms with Crippen molar-refractivity contribution in [2.24, 2.45) is 5.73 Å². The summed E-state index contributed by atoms with van der Waals surface area (Å²) in [7, 11) is 0. The number of para-hydroxylation sites is 1. The van der Waals surface area contributed by atoms with E-state index < -0.39 is 0 Å². The van der Waals surface area contributed by atoms with E-state index in [1.807, 2.05) is 55.5 Å². The fourth-order valence-electron chi connectivity index (χ4n) is 2.24. The van der Waals surface area contributed by atoms with Crippen molar-refractivity contribution >= 4 is 11.6 Å². The molecule has 0 aliphatic rings. The Labute approximate surface area is 130 Å². The highest BCUT2D eigenvalue weighted by Gasteiger charge is 2.21. The van der Waals surface area contributed by atoms with Crippen molar-refractivity contribution in [3.63, 3.8) is 0 Å². The van der Waals surface area contributed by atoms with Crippen LogP contribution < -0.4 is 10.5 Å². The fraction of sp³-hybridized carbons (Fsp3) is 0.294. The zero-order valence-electron chi connectivity index (χ0n) is 12.0. The molecular weight excluding hydrogens is 286 g/mol. The Morgan fingerprint density at radius 3 is 2.48 bits per heavy atom. The normalized spacial score (nSPS) is 13.7. The van der Waals surface area contributed by atoms with Gasteiger partial charge >= 0.3 is 0 Å². The summed E-state index contributed by atoms with van der Waals surface area (Å²) in [5.74, 6) is 0.730. The SMILES string of the molecule is CC(N)C(Oc1ccccc1CCO)c1ccccc1Cl. The molecule has 3 N–H and O–H groups in total. The molecule has 2 rings (SSSR count). The van der Waals surface area contributed by atoms with Crippen molar-refractivity contribution in [3.05, 3.63) is 64.7 Å². The number of halogens is 1. The monoisotopic (exact) mass is 305 g/mol. The molecule has 0 aromatic heterocycles. The van der Waals surface area contributed by atoms with Gasteiger partial charge in [0.15, 0.2) is 0 Å². The Bertz CT molecular complexity index is 587. The average molecular weight is 306 g/mol. The van der Waals surface area contributed by atoms with Crippen molar-refractivity contribution in [2.75, 3.05) is 6.61 Å². The van der Waals surface area contributed by atoms with Crippen LogP contribution >= 0.6 is 11.6 Å². The van der Waals surface area contributed by atoms with Crippen molar-refractivity contribution in [1.82, 2.24) is 0 Å². The smallest absolute Gasteiger partial charge is 0.140 e. The van der Waals surface area contributed by atoms with Crippen molar-refractivity contribution in [3.8, 4) is 5.75 Å². The first-order valence-electron chi connectivity index (χ1n) is 6.99. The average Bonchev–Trinajstić information content (AvgIpc) is 2.47. The van der Waals surface area contributed by atoms with Gasteiger partial charge in [0.05, 0.1) is 0 Å². The molecule has 0 saturated carbocycles. The molecule has 2 unspecified atom stereocenters. The second kappa shape index (κ2) is 7.46. The summed E-state index contributed by atoms with van der Waals surface area (Å²) >= 11 is 6.25. The third-order valence-corrected chi connectivity index (χ3v) is 3.64. The lowest BCUT2D eigenvalue weighted by Gasteiger charge is -2.25. The Hall–Kier alpha value is -1.55. The van der Waals surface area contributed by atoms with Gasteiger partial charge in [-0.05, 0) is 31.0 Å². The highest BCUT2D eigenvalue weighted by molar-refractivity contribution is 6.31. The van der Waals surface area contributed by atoms with Crippen LogP contribution in [-0.2, 0) is 6.42 Å². The summed E-state index contributed by atoms with van der Waals surface area (Å²) < 4.78 is 6.11. The van der Waals surface area contributed by atoms with Gasteiger partial charge in [0, 0.05) is 23.2 Å². The first-order valence-corrected chi connectivity index (χ1v) is 7.36. The van der Waals surface area contributed by atoms with Gasteiger partial charge in [-0.1, -0.05) is 48.0 Å². The minimum absolute atomic E-state index is 0.0787. The number of ether oxygens (including phenoxy) is 1. The second-order valence-corrected chi connectivity index (χ2v) is 5.41. The molecule has 0 radical (unpaired) electrons. The quantitative estimate of drug-likeness (QED) is 0.860. The molecule has 0 bridgehead atoms. The first-order chi connectivity index (χ1) is 10.1. The molecular formula is C17H20ClNO2. The standard InChI is InChI=1S/C17H20ClNO2/c1-12(19)17(14-7-3-4-8-15(14)18)21-16-9-5-2-6-13(16)10-11-20/h2-9,12,17,20H,10-11,19H2,1H3. The number of rotatable bonds is 6. The summed E-state index contributed by atoms with van der Waals surface area (Å²) in [6.07, 6.45) is 0.211. The molecule has 21 heavy (non-hydrogen) atoms. The molecule has 2 aromatic carbocycles. The Balaban J connectivity index is 2.32. The minimum atomic E-state index is -0.335. The van der Waals surface area contributed by atoms with Gasteiger partial charge < -0.3 is 15.6 Å². The molecule has 0 amide bonds. The minimum Gasteiger partial charge on any atom is -0.484 e. The largest absolute Gasteiger partial charge is 0.484 e. The van der Waals surface area contributed by atoms with Gasteiger partial charge in [-0.3, -0.25) is 0 Å². The molecule has 0 spiro atoms. The van der Waals surface area contributed by atoms with Crippen LogP contribution in [0, 0.1) is 0 Å². The number of aliphatic hydroxyl groups is 1. The topological polar surface area (TPSA) is 55.5 Å². The zero-order chi connectivity index (χ0) is 15.2. The Kier molecular flexibility index (Phi) is 5.62. The molecule has 0 aliphatic heterocycles. The molecule has 2 atom stereocenters. The second-order valence-electron chi connectivity index (χ2n) is 5.00. The maximum atomic E-state index is 9.15.